The highest BCUT2D eigenvalue weighted by Crippen LogP contribution is 2.10. The first-order valence-corrected chi connectivity index (χ1v) is 4.04. The molecule has 0 unspecified atom stereocenters. The molecule has 4 nitrogen and oxygen atoms in total. The van der Waals surface area contributed by atoms with Crippen LogP contribution in [0.2, 0.25) is 0 Å². The number of rotatable bonds is 3. The average molecular weight is 199 g/mol. The molecule has 0 radical (unpaired) electrons. The van der Waals surface area contributed by atoms with E-state index in [0.717, 1.165) is 0 Å². The Labute approximate surface area is 80.3 Å². The van der Waals surface area contributed by atoms with Gasteiger partial charge in [-0.15, -0.1) is 0 Å². The van der Waals surface area contributed by atoms with Crippen LogP contribution in [0.25, 0.3) is 0 Å². The number of halogens is 1. The predicted octanol–water partition coefficient (Wildman–Crippen LogP) is 0.906. The van der Waals surface area contributed by atoms with Crippen molar-refractivity contribution < 1.29 is 19.0 Å². The fourth-order valence-corrected chi connectivity index (χ4v) is 0.804. The topological polar surface area (TPSA) is 58.6 Å². The maximum Gasteiger partial charge on any atom is 0.412 e. The molecule has 1 rings (SSSR count). The maximum atomic E-state index is 12.4. The number of hydrogen-bond acceptors (Lipinski definition) is 3. The molecule has 0 atom stereocenters. The molecule has 0 bridgehead atoms. The molecule has 0 aliphatic carbocycles. The SMILES string of the molecule is O=C(NCCO)Oc1ccc(F)cc1. The van der Waals surface area contributed by atoms with Crippen molar-refractivity contribution in [3.63, 3.8) is 0 Å². The van der Waals surface area contributed by atoms with Gasteiger partial charge in [-0.05, 0) is 24.3 Å². The lowest BCUT2D eigenvalue weighted by Crippen LogP contribution is -2.29. The Kier molecular flexibility index (Phi) is 3.87. The highest BCUT2D eigenvalue weighted by atomic mass is 19.1. The van der Waals surface area contributed by atoms with Crippen LogP contribution < -0.4 is 10.1 Å². The number of ether oxygens (including phenoxy) is 1. The molecule has 0 heterocycles. The van der Waals surface area contributed by atoms with Gasteiger partial charge in [-0.1, -0.05) is 0 Å². The van der Waals surface area contributed by atoms with Crippen LogP contribution in [0.3, 0.4) is 0 Å². The third-order valence-electron chi connectivity index (χ3n) is 1.41. The fourth-order valence-electron chi connectivity index (χ4n) is 0.804. The monoisotopic (exact) mass is 199 g/mol. The van der Waals surface area contributed by atoms with Crippen molar-refractivity contribution in [2.24, 2.45) is 0 Å². The summed E-state index contributed by atoms with van der Waals surface area (Å²) in [6.07, 6.45) is -0.675. The second kappa shape index (κ2) is 5.18. The summed E-state index contributed by atoms with van der Waals surface area (Å²) in [7, 11) is 0. The Balaban J connectivity index is 2.44. The summed E-state index contributed by atoms with van der Waals surface area (Å²) in [6.45, 7) is -0.0292. The zero-order chi connectivity index (χ0) is 10.4. The van der Waals surface area contributed by atoms with Crippen LogP contribution in [0.15, 0.2) is 24.3 Å². The van der Waals surface area contributed by atoms with Gasteiger partial charge in [-0.25, -0.2) is 9.18 Å². The first-order valence-electron chi connectivity index (χ1n) is 4.04. The van der Waals surface area contributed by atoms with Crippen LogP contribution in [0, 0.1) is 5.82 Å². The molecule has 0 saturated carbocycles. The molecule has 0 aliphatic rings. The third-order valence-corrected chi connectivity index (χ3v) is 1.41. The van der Waals surface area contributed by atoms with E-state index in [-0.39, 0.29) is 18.9 Å². The van der Waals surface area contributed by atoms with Gasteiger partial charge >= 0.3 is 6.09 Å². The summed E-state index contributed by atoms with van der Waals surface area (Å²) < 4.78 is 17.2. The Bertz CT molecular complexity index is 299. The Morgan fingerprint density at radius 1 is 1.43 bits per heavy atom. The van der Waals surface area contributed by atoms with Crippen LogP contribution in [0.5, 0.6) is 5.75 Å². The summed E-state index contributed by atoms with van der Waals surface area (Å²) in [5.41, 5.74) is 0. The zero-order valence-electron chi connectivity index (χ0n) is 7.37. The van der Waals surface area contributed by atoms with Gasteiger partial charge in [0.15, 0.2) is 0 Å². The minimum absolute atomic E-state index is 0.125. The highest BCUT2D eigenvalue weighted by molar-refractivity contribution is 5.70. The molecule has 1 aromatic rings. The van der Waals surface area contributed by atoms with E-state index >= 15 is 0 Å². The van der Waals surface area contributed by atoms with E-state index < -0.39 is 11.9 Å². The summed E-state index contributed by atoms with van der Waals surface area (Å²) in [6, 6.07) is 5.06. The lowest BCUT2D eigenvalue weighted by Gasteiger charge is -2.04. The van der Waals surface area contributed by atoms with Gasteiger partial charge in [0.25, 0.3) is 0 Å². The normalized spacial score (nSPS) is 9.57. The van der Waals surface area contributed by atoms with E-state index in [1.54, 1.807) is 0 Å². The zero-order valence-corrected chi connectivity index (χ0v) is 7.37. The van der Waals surface area contributed by atoms with Crippen molar-refractivity contribution in [1.82, 2.24) is 5.32 Å². The standard InChI is InChI=1S/C9H10FNO3/c10-7-1-3-8(4-2-7)14-9(13)11-5-6-12/h1-4,12H,5-6H2,(H,11,13). The average Bonchev–Trinajstić information content (AvgIpc) is 2.18. The number of aliphatic hydroxyl groups is 1. The second-order valence-electron chi connectivity index (χ2n) is 2.49. The number of aliphatic hydroxyl groups excluding tert-OH is 1. The van der Waals surface area contributed by atoms with E-state index in [2.05, 4.69) is 5.32 Å². The quantitative estimate of drug-likeness (QED) is 0.760. The molecule has 1 aromatic carbocycles. The van der Waals surface area contributed by atoms with Crippen LogP contribution in [-0.2, 0) is 0 Å². The molecule has 0 fully saturated rings. The van der Waals surface area contributed by atoms with Gasteiger partial charge in [-0.2, -0.15) is 0 Å². The molecule has 5 heteroatoms. The minimum atomic E-state index is -0.675. The Hall–Kier alpha value is -1.62. The smallest absolute Gasteiger partial charge is 0.410 e. The van der Waals surface area contributed by atoms with Crippen LogP contribution >= 0.6 is 0 Å². The third kappa shape index (κ3) is 3.40. The maximum absolute atomic E-state index is 12.4. The van der Waals surface area contributed by atoms with Crippen molar-refractivity contribution in [2.45, 2.75) is 0 Å². The van der Waals surface area contributed by atoms with Crippen molar-refractivity contribution in [2.75, 3.05) is 13.2 Å². The number of benzene rings is 1. The van der Waals surface area contributed by atoms with E-state index in [1.165, 1.54) is 24.3 Å². The van der Waals surface area contributed by atoms with Crippen molar-refractivity contribution in [1.29, 1.82) is 0 Å². The fraction of sp³-hybridized carbons (Fsp3) is 0.222. The molecule has 76 valence electrons. The molecule has 0 spiro atoms. The number of carbonyl (C=O) groups excluding carboxylic acids is 1. The molecule has 0 saturated heterocycles. The van der Waals surface area contributed by atoms with Gasteiger partial charge in [0, 0.05) is 6.54 Å². The minimum Gasteiger partial charge on any atom is -0.410 e. The van der Waals surface area contributed by atoms with Crippen LogP contribution in [0.4, 0.5) is 9.18 Å². The lowest BCUT2D eigenvalue weighted by molar-refractivity contribution is 0.195. The molecule has 0 aromatic heterocycles. The van der Waals surface area contributed by atoms with Crippen LogP contribution in [0.1, 0.15) is 0 Å². The lowest BCUT2D eigenvalue weighted by atomic mass is 10.3. The summed E-state index contributed by atoms with van der Waals surface area (Å²) in [5.74, 6) is -0.144. The van der Waals surface area contributed by atoms with Crippen molar-refractivity contribution in [3.8, 4) is 5.75 Å². The van der Waals surface area contributed by atoms with E-state index in [4.69, 9.17) is 9.84 Å². The predicted molar refractivity (Wildman–Crippen MR) is 47.5 cm³/mol. The summed E-state index contributed by atoms with van der Waals surface area (Å²) in [5, 5.41) is 10.7. The molecular weight excluding hydrogens is 189 g/mol. The molecule has 14 heavy (non-hydrogen) atoms. The van der Waals surface area contributed by atoms with E-state index in [1.807, 2.05) is 0 Å². The number of carbonyl (C=O) groups is 1. The van der Waals surface area contributed by atoms with Crippen molar-refractivity contribution >= 4 is 6.09 Å². The second-order valence-corrected chi connectivity index (χ2v) is 2.49. The van der Waals surface area contributed by atoms with Gasteiger partial charge in [0.2, 0.25) is 0 Å². The Morgan fingerprint density at radius 3 is 2.64 bits per heavy atom. The Morgan fingerprint density at radius 2 is 2.07 bits per heavy atom. The first kappa shape index (κ1) is 10.5. The van der Waals surface area contributed by atoms with Gasteiger partial charge in [0.1, 0.15) is 11.6 Å². The summed E-state index contributed by atoms with van der Waals surface area (Å²) in [4.78, 5) is 10.9. The van der Waals surface area contributed by atoms with E-state index in [9.17, 15) is 9.18 Å². The first-order chi connectivity index (χ1) is 6.72. The number of hydrogen-bond donors (Lipinski definition) is 2. The molecule has 2 N–H and O–H groups in total. The van der Waals surface area contributed by atoms with Crippen LogP contribution in [-0.4, -0.2) is 24.4 Å². The highest BCUT2D eigenvalue weighted by Gasteiger charge is 2.02. The largest absolute Gasteiger partial charge is 0.412 e. The van der Waals surface area contributed by atoms with E-state index in [0.29, 0.717) is 0 Å². The van der Waals surface area contributed by atoms with Gasteiger partial charge < -0.3 is 15.2 Å². The number of nitrogens with one attached hydrogen (secondary N) is 1. The molecule has 0 aliphatic heterocycles. The molecule has 1 amide bonds. The number of amides is 1. The van der Waals surface area contributed by atoms with Gasteiger partial charge in [0.05, 0.1) is 6.61 Å². The van der Waals surface area contributed by atoms with Gasteiger partial charge in [-0.3, -0.25) is 0 Å². The summed E-state index contributed by atoms with van der Waals surface area (Å²) >= 11 is 0. The molecular formula is C9H10FNO3. The van der Waals surface area contributed by atoms with Crippen molar-refractivity contribution in [3.05, 3.63) is 30.1 Å².